The molecule has 0 aromatic heterocycles. The average molecular weight is 364 g/mol. The smallest absolute Gasteiger partial charge is 0.258 e. The number of methoxy groups -OCH3 is 1. The summed E-state index contributed by atoms with van der Waals surface area (Å²) in [6.07, 6.45) is 0. The van der Waals surface area contributed by atoms with Crippen molar-refractivity contribution in [2.24, 2.45) is 0 Å². The molecule has 0 spiro atoms. The number of hydrogen-bond acceptors (Lipinski definition) is 3. The van der Waals surface area contributed by atoms with E-state index in [-0.39, 0.29) is 12.5 Å². The molecule has 4 nitrogen and oxygen atoms in total. The molecule has 1 N–H and O–H groups in total. The van der Waals surface area contributed by atoms with Gasteiger partial charge in [0.05, 0.1) is 7.11 Å². The number of halogens is 1. The normalized spacial score (nSPS) is 10.1. The summed E-state index contributed by atoms with van der Waals surface area (Å²) in [6, 6.07) is 13.2. The highest BCUT2D eigenvalue weighted by molar-refractivity contribution is 9.10. The molecule has 5 heteroatoms. The highest BCUT2D eigenvalue weighted by Crippen LogP contribution is 2.21. The van der Waals surface area contributed by atoms with E-state index >= 15 is 0 Å². The van der Waals surface area contributed by atoms with Gasteiger partial charge in [0.2, 0.25) is 0 Å². The number of aryl methyl sites for hydroxylation is 1. The van der Waals surface area contributed by atoms with Crippen molar-refractivity contribution in [1.82, 2.24) is 5.32 Å². The lowest BCUT2D eigenvalue weighted by molar-refractivity contribution is -0.123. The Kier molecular flexibility index (Phi) is 5.83. The Bertz CT molecular complexity index is 641. The lowest BCUT2D eigenvalue weighted by Gasteiger charge is -2.10. The number of rotatable bonds is 6. The third-order valence-electron chi connectivity index (χ3n) is 3.14. The van der Waals surface area contributed by atoms with Crippen molar-refractivity contribution in [1.29, 1.82) is 0 Å². The first-order chi connectivity index (χ1) is 10.6. The lowest BCUT2D eigenvalue weighted by Crippen LogP contribution is -2.28. The summed E-state index contributed by atoms with van der Waals surface area (Å²) in [5.74, 6) is 1.35. The van der Waals surface area contributed by atoms with Gasteiger partial charge < -0.3 is 14.8 Å². The molecule has 0 aliphatic carbocycles. The first-order valence-corrected chi connectivity index (χ1v) is 7.66. The lowest BCUT2D eigenvalue weighted by atomic mass is 10.2. The van der Waals surface area contributed by atoms with Crippen LogP contribution in [0.25, 0.3) is 0 Å². The maximum absolute atomic E-state index is 11.8. The van der Waals surface area contributed by atoms with Crippen LogP contribution in [0.4, 0.5) is 0 Å². The molecule has 2 rings (SSSR count). The molecule has 0 aliphatic heterocycles. The predicted octanol–water partition coefficient (Wildman–Crippen LogP) is 3.46. The molecule has 1 amide bonds. The highest BCUT2D eigenvalue weighted by Gasteiger charge is 2.05. The molecule has 0 saturated heterocycles. The minimum Gasteiger partial charge on any atom is -0.497 e. The maximum Gasteiger partial charge on any atom is 0.258 e. The van der Waals surface area contributed by atoms with Crippen LogP contribution in [0.3, 0.4) is 0 Å². The van der Waals surface area contributed by atoms with E-state index in [1.807, 2.05) is 49.4 Å². The fraction of sp³-hybridized carbons (Fsp3) is 0.235. The van der Waals surface area contributed by atoms with E-state index in [4.69, 9.17) is 9.47 Å². The number of hydrogen-bond donors (Lipinski definition) is 1. The van der Waals surface area contributed by atoms with Crippen molar-refractivity contribution >= 4 is 21.8 Å². The zero-order chi connectivity index (χ0) is 15.9. The Labute approximate surface area is 138 Å². The molecular weight excluding hydrogens is 346 g/mol. The first kappa shape index (κ1) is 16.4. The largest absolute Gasteiger partial charge is 0.497 e. The molecule has 0 aliphatic rings. The SMILES string of the molecule is COc1ccc(CNC(=O)COc2ccc(Br)cc2C)cc1. The summed E-state index contributed by atoms with van der Waals surface area (Å²) in [4.78, 5) is 11.8. The second-order valence-corrected chi connectivity index (χ2v) is 5.74. The van der Waals surface area contributed by atoms with Gasteiger partial charge in [-0.25, -0.2) is 0 Å². The van der Waals surface area contributed by atoms with Crippen molar-refractivity contribution < 1.29 is 14.3 Å². The summed E-state index contributed by atoms with van der Waals surface area (Å²) in [7, 11) is 1.62. The molecule has 0 heterocycles. The Morgan fingerprint density at radius 3 is 2.55 bits per heavy atom. The molecule has 0 radical (unpaired) electrons. The number of carbonyl (C=O) groups is 1. The van der Waals surface area contributed by atoms with Crippen LogP contribution in [0.1, 0.15) is 11.1 Å². The van der Waals surface area contributed by atoms with Gasteiger partial charge in [-0.3, -0.25) is 4.79 Å². The van der Waals surface area contributed by atoms with Crippen LogP contribution in [0, 0.1) is 6.92 Å². The van der Waals surface area contributed by atoms with Crippen LogP contribution in [-0.4, -0.2) is 19.6 Å². The molecule has 0 saturated carbocycles. The van der Waals surface area contributed by atoms with E-state index in [2.05, 4.69) is 21.2 Å². The van der Waals surface area contributed by atoms with Gasteiger partial charge in [0.1, 0.15) is 11.5 Å². The van der Waals surface area contributed by atoms with Crippen LogP contribution >= 0.6 is 15.9 Å². The topological polar surface area (TPSA) is 47.6 Å². The molecule has 116 valence electrons. The van der Waals surface area contributed by atoms with E-state index in [1.54, 1.807) is 7.11 Å². The standard InChI is InChI=1S/C17H18BrNO3/c1-12-9-14(18)5-8-16(12)22-11-17(20)19-10-13-3-6-15(21-2)7-4-13/h3-9H,10-11H2,1-2H3,(H,19,20). The molecule has 0 atom stereocenters. The van der Waals surface area contributed by atoms with Crippen LogP contribution < -0.4 is 14.8 Å². The number of carbonyl (C=O) groups excluding carboxylic acids is 1. The van der Waals surface area contributed by atoms with Crippen molar-refractivity contribution in [3.05, 3.63) is 58.1 Å². The summed E-state index contributed by atoms with van der Waals surface area (Å²) in [5, 5.41) is 2.82. The fourth-order valence-corrected chi connectivity index (χ4v) is 2.39. The summed E-state index contributed by atoms with van der Waals surface area (Å²) in [6.45, 7) is 2.40. The van der Waals surface area contributed by atoms with Gasteiger partial charge in [-0.15, -0.1) is 0 Å². The predicted molar refractivity (Wildman–Crippen MR) is 89.2 cm³/mol. The molecule has 0 unspecified atom stereocenters. The van der Waals surface area contributed by atoms with Crippen molar-refractivity contribution in [3.63, 3.8) is 0 Å². The van der Waals surface area contributed by atoms with Gasteiger partial charge in [-0.2, -0.15) is 0 Å². The monoisotopic (exact) mass is 363 g/mol. The molecule has 0 bridgehead atoms. The van der Waals surface area contributed by atoms with E-state index in [0.717, 1.165) is 21.3 Å². The Balaban J connectivity index is 1.80. The van der Waals surface area contributed by atoms with E-state index in [0.29, 0.717) is 12.3 Å². The van der Waals surface area contributed by atoms with Crippen LogP contribution in [-0.2, 0) is 11.3 Å². The van der Waals surface area contributed by atoms with Gasteiger partial charge >= 0.3 is 0 Å². The average Bonchev–Trinajstić information content (AvgIpc) is 2.52. The summed E-state index contributed by atoms with van der Waals surface area (Å²) in [5.41, 5.74) is 1.99. The van der Waals surface area contributed by atoms with E-state index < -0.39 is 0 Å². The van der Waals surface area contributed by atoms with Gasteiger partial charge in [0.25, 0.3) is 5.91 Å². The van der Waals surface area contributed by atoms with Gasteiger partial charge in [0, 0.05) is 11.0 Å². The van der Waals surface area contributed by atoms with Crippen molar-refractivity contribution in [3.8, 4) is 11.5 Å². The van der Waals surface area contributed by atoms with Crippen LogP contribution in [0.2, 0.25) is 0 Å². The Morgan fingerprint density at radius 2 is 1.91 bits per heavy atom. The molecule has 0 fully saturated rings. The van der Waals surface area contributed by atoms with Gasteiger partial charge in [-0.05, 0) is 48.4 Å². The van der Waals surface area contributed by atoms with Crippen molar-refractivity contribution in [2.45, 2.75) is 13.5 Å². The number of amides is 1. The number of nitrogens with one attached hydrogen (secondary N) is 1. The number of ether oxygens (including phenoxy) is 2. The van der Waals surface area contributed by atoms with Crippen LogP contribution in [0.15, 0.2) is 46.9 Å². The summed E-state index contributed by atoms with van der Waals surface area (Å²) >= 11 is 3.39. The maximum atomic E-state index is 11.8. The fourth-order valence-electron chi connectivity index (χ4n) is 1.91. The molecule has 22 heavy (non-hydrogen) atoms. The molecule has 2 aromatic carbocycles. The zero-order valence-electron chi connectivity index (χ0n) is 12.6. The zero-order valence-corrected chi connectivity index (χ0v) is 14.1. The third kappa shape index (κ3) is 4.77. The quantitative estimate of drug-likeness (QED) is 0.854. The third-order valence-corrected chi connectivity index (χ3v) is 3.64. The van der Waals surface area contributed by atoms with Crippen molar-refractivity contribution in [2.75, 3.05) is 13.7 Å². The van der Waals surface area contributed by atoms with E-state index in [9.17, 15) is 4.79 Å². The minimum absolute atomic E-state index is 0.00136. The Morgan fingerprint density at radius 1 is 1.18 bits per heavy atom. The first-order valence-electron chi connectivity index (χ1n) is 6.87. The summed E-state index contributed by atoms with van der Waals surface area (Å²) < 4.78 is 11.6. The van der Waals surface area contributed by atoms with E-state index in [1.165, 1.54) is 0 Å². The highest BCUT2D eigenvalue weighted by atomic mass is 79.9. The minimum atomic E-state index is -0.155. The number of benzene rings is 2. The van der Waals surface area contributed by atoms with Gasteiger partial charge in [0.15, 0.2) is 6.61 Å². The second-order valence-electron chi connectivity index (χ2n) is 4.82. The second kappa shape index (κ2) is 7.84. The Hall–Kier alpha value is -2.01. The molecular formula is C17H18BrNO3. The molecule has 2 aromatic rings. The van der Waals surface area contributed by atoms with Gasteiger partial charge in [-0.1, -0.05) is 28.1 Å². The van der Waals surface area contributed by atoms with Crippen LogP contribution in [0.5, 0.6) is 11.5 Å².